The van der Waals surface area contributed by atoms with E-state index in [9.17, 15) is 13.6 Å². The molecule has 2 rings (SSSR count). The summed E-state index contributed by atoms with van der Waals surface area (Å²) in [5.74, 6) is -2.24. The number of benzene rings is 1. The van der Waals surface area contributed by atoms with Gasteiger partial charge < -0.3 is 9.32 Å². The van der Waals surface area contributed by atoms with Crippen molar-refractivity contribution in [1.82, 2.24) is 0 Å². The van der Waals surface area contributed by atoms with Crippen LogP contribution in [0.25, 0.3) is 0 Å². The maximum atomic E-state index is 13.2. The molecule has 0 aliphatic rings. The molecule has 0 saturated carbocycles. The zero-order valence-corrected chi connectivity index (χ0v) is 11.6. The highest BCUT2D eigenvalue weighted by atomic mass is 79.9. The summed E-state index contributed by atoms with van der Waals surface area (Å²) in [6.45, 7) is 2.04. The van der Waals surface area contributed by atoms with Crippen LogP contribution in [0.2, 0.25) is 0 Å². The summed E-state index contributed by atoms with van der Waals surface area (Å²) in [7, 11) is 0. The third-order valence-electron chi connectivity index (χ3n) is 2.56. The van der Waals surface area contributed by atoms with Crippen LogP contribution in [0.4, 0.5) is 14.5 Å². The van der Waals surface area contributed by atoms with Crippen LogP contribution < -0.4 is 4.90 Å². The number of amides is 1. The summed E-state index contributed by atoms with van der Waals surface area (Å²) in [6.07, 6.45) is 0. The Balaban J connectivity index is 2.33. The van der Waals surface area contributed by atoms with Crippen LogP contribution >= 0.6 is 15.9 Å². The van der Waals surface area contributed by atoms with E-state index >= 15 is 0 Å². The first-order chi connectivity index (χ1) is 9.02. The first-order valence-electron chi connectivity index (χ1n) is 5.55. The number of rotatable bonds is 3. The Morgan fingerprint density at radius 2 is 2.00 bits per heavy atom. The van der Waals surface area contributed by atoms with E-state index in [4.69, 9.17) is 4.42 Å². The number of carbonyl (C=O) groups excluding carboxylic acids is 1. The van der Waals surface area contributed by atoms with Crippen LogP contribution in [0.5, 0.6) is 0 Å². The van der Waals surface area contributed by atoms with E-state index in [2.05, 4.69) is 15.9 Å². The van der Waals surface area contributed by atoms with Gasteiger partial charge in [0.25, 0.3) is 5.91 Å². The molecule has 6 heteroatoms. The second-order valence-electron chi connectivity index (χ2n) is 3.75. The third-order valence-corrected chi connectivity index (χ3v) is 2.99. The number of halogens is 3. The van der Waals surface area contributed by atoms with Crippen molar-refractivity contribution in [3.8, 4) is 0 Å². The lowest BCUT2D eigenvalue weighted by atomic mass is 10.2. The molecule has 0 atom stereocenters. The van der Waals surface area contributed by atoms with Gasteiger partial charge in [0.1, 0.15) is 0 Å². The van der Waals surface area contributed by atoms with Crippen LogP contribution in [0.1, 0.15) is 17.5 Å². The molecule has 1 aromatic carbocycles. The normalized spacial score (nSPS) is 10.5. The Morgan fingerprint density at radius 1 is 1.26 bits per heavy atom. The van der Waals surface area contributed by atoms with Crippen molar-refractivity contribution < 1.29 is 18.0 Å². The second kappa shape index (κ2) is 5.52. The largest absolute Gasteiger partial charge is 0.444 e. The van der Waals surface area contributed by atoms with Gasteiger partial charge in [-0.15, -0.1) is 0 Å². The standard InChI is InChI=1S/C13H10BrF2NO2/c1-2-17(8-3-4-9(15)10(16)7-8)13(18)11-5-6-12(14)19-11/h3-7H,2H2,1H3. The van der Waals surface area contributed by atoms with Gasteiger partial charge >= 0.3 is 0 Å². The van der Waals surface area contributed by atoms with Crippen LogP contribution in [0.3, 0.4) is 0 Å². The molecule has 0 spiro atoms. The number of anilines is 1. The minimum Gasteiger partial charge on any atom is -0.444 e. The predicted octanol–water partition coefficient (Wildman–Crippen LogP) is 3.99. The van der Waals surface area contributed by atoms with Gasteiger partial charge in [-0.05, 0) is 47.1 Å². The monoisotopic (exact) mass is 329 g/mol. The van der Waals surface area contributed by atoms with Crippen molar-refractivity contribution in [1.29, 1.82) is 0 Å². The molecule has 2 aromatic rings. The van der Waals surface area contributed by atoms with Crippen LogP contribution in [0.15, 0.2) is 39.4 Å². The third kappa shape index (κ3) is 2.84. The molecule has 0 N–H and O–H groups in total. The van der Waals surface area contributed by atoms with Gasteiger partial charge in [0, 0.05) is 18.3 Å². The molecule has 1 heterocycles. The maximum absolute atomic E-state index is 13.2. The van der Waals surface area contributed by atoms with Crippen molar-refractivity contribution in [3.05, 3.63) is 52.4 Å². The van der Waals surface area contributed by atoms with Crippen molar-refractivity contribution >= 4 is 27.5 Å². The summed E-state index contributed by atoms with van der Waals surface area (Å²) in [5, 5.41) is 0. The molecule has 0 bridgehead atoms. The highest BCUT2D eigenvalue weighted by molar-refractivity contribution is 9.10. The topological polar surface area (TPSA) is 33.5 Å². The molecule has 19 heavy (non-hydrogen) atoms. The lowest BCUT2D eigenvalue weighted by Gasteiger charge is -2.19. The van der Waals surface area contributed by atoms with Gasteiger partial charge in [-0.3, -0.25) is 4.79 Å². The van der Waals surface area contributed by atoms with Crippen molar-refractivity contribution in [2.75, 3.05) is 11.4 Å². The molecular formula is C13H10BrF2NO2. The SMILES string of the molecule is CCN(C(=O)c1ccc(Br)o1)c1ccc(F)c(F)c1. The lowest BCUT2D eigenvalue weighted by Crippen LogP contribution is -2.30. The first-order valence-corrected chi connectivity index (χ1v) is 6.34. The fourth-order valence-corrected chi connectivity index (χ4v) is 1.97. The Hall–Kier alpha value is -1.69. The molecule has 0 saturated heterocycles. The van der Waals surface area contributed by atoms with E-state index in [-0.39, 0.29) is 11.4 Å². The van der Waals surface area contributed by atoms with E-state index in [1.54, 1.807) is 13.0 Å². The molecule has 1 amide bonds. The molecule has 1 aromatic heterocycles. The highest BCUT2D eigenvalue weighted by Crippen LogP contribution is 2.22. The van der Waals surface area contributed by atoms with Gasteiger partial charge in [0.15, 0.2) is 22.1 Å². The lowest BCUT2D eigenvalue weighted by molar-refractivity contribution is 0.0960. The molecule has 0 radical (unpaired) electrons. The molecule has 0 fully saturated rings. The van der Waals surface area contributed by atoms with Gasteiger partial charge in [-0.1, -0.05) is 0 Å². The maximum Gasteiger partial charge on any atom is 0.294 e. The first kappa shape index (κ1) is 13.7. The van der Waals surface area contributed by atoms with Gasteiger partial charge in [0.2, 0.25) is 0 Å². The van der Waals surface area contributed by atoms with E-state index in [0.29, 0.717) is 11.2 Å². The van der Waals surface area contributed by atoms with Crippen molar-refractivity contribution in [2.45, 2.75) is 6.92 Å². The zero-order chi connectivity index (χ0) is 14.0. The van der Waals surface area contributed by atoms with Crippen LogP contribution in [-0.4, -0.2) is 12.5 Å². The zero-order valence-electron chi connectivity index (χ0n) is 9.99. The number of carbonyl (C=O) groups is 1. The van der Waals surface area contributed by atoms with Crippen LogP contribution in [-0.2, 0) is 0 Å². The predicted molar refractivity (Wildman–Crippen MR) is 70.1 cm³/mol. The second-order valence-corrected chi connectivity index (χ2v) is 4.53. The Morgan fingerprint density at radius 3 is 2.53 bits per heavy atom. The van der Waals surface area contributed by atoms with Gasteiger partial charge in [-0.25, -0.2) is 8.78 Å². The number of hydrogen-bond acceptors (Lipinski definition) is 2. The summed E-state index contributed by atoms with van der Waals surface area (Å²) in [4.78, 5) is 13.5. The number of hydrogen-bond donors (Lipinski definition) is 0. The van der Waals surface area contributed by atoms with Gasteiger partial charge in [-0.2, -0.15) is 0 Å². The van der Waals surface area contributed by atoms with E-state index in [1.165, 1.54) is 17.0 Å². The average molecular weight is 330 g/mol. The fourth-order valence-electron chi connectivity index (χ4n) is 1.66. The van der Waals surface area contributed by atoms with E-state index < -0.39 is 17.5 Å². The summed E-state index contributed by atoms with van der Waals surface area (Å²) < 4.78 is 31.7. The minimum atomic E-state index is -0.996. The number of furan rings is 1. The molecule has 100 valence electrons. The minimum absolute atomic E-state index is 0.124. The van der Waals surface area contributed by atoms with Crippen molar-refractivity contribution in [3.63, 3.8) is 0 Å². The van der Waals surface area contributed by atoms with Crippen LogP contribution in [0, 0.1) is 11.6 Å². The average Bonchev–Trinajstić information content (AvgIpc) is 2.81. The number of nitrogens with zero attached hydrogens (tertiary/aromatic N) is 1. The highest BCUT2D eigenvalue weighted by Gasteiger charge is 2.20. The molecule has 0 unspecified atom stereocenters. The molecule has 3 nitrogen and oxygen atoms in total. The smallest absolute Gasteiger partial charge is 0.294 e. The Labute approximate surface area is 116 Å². The molecule has 0 aliphatic heterocycles. The van der Waals surface area contributed by atoms with E-state index in [1.807, 2.05) is 0 Å². The van der Waals surface area contributed by atoms with Gasteiger partial charge in [0.05, 0.1) is 0 Å². The summed E-state index contributed by atoms with van der Waals surface area (Å²) >= 11 is 3.10. The fraction of sp³-hybridized carbons (Fsp3) is 0.154. The Bertz CT molecular complexity index is 612. The quantitative estimate of drug-likeness (QED) is 0.853. The summed E-state index contributed by atoms with van der Waals surface area (Å²) in [6, 6.07) is 6.41. The van der Waals surface area contributed by atoms with Crippen molar-refractivity contribution in [2.24, 2.45) is 0 Å². The molecule has 0 aliphatic carbocycles. The summed E-state index contributed by atoms with van der Waals surface area (Å²) in [5.41, 5.74) is 0.277. The van der Waals surface area contributed by atoms with E-state index in [0.717, 1.165) is 12.1 Å². The Kier molecular flexibility index (Phi) is 3.99. The molecular weight excluding hydrogens is 320 g/mol.